The van der Waals surface area contributed by atoms with Gasteiger partial charge in [0.1, 0.15) is 12.4 Å². The first-order valence-corrected chi connectivity index (χ1v) is 12.5. The highest BCUT2D eigenvalue weighted by Gasteiger charge is 2.19. The third kappa shape index (κ3) is 6.63. The molecule has 35 heavy (non-hydrogen) atoms. The van der Waals surface area contributed by atoms with E-state index in [1.54, 1.807) is 10.9 Å². The number of benzene rings is 2. The molecule has 1 saturated heterocycles. The van der Waals surface area contributed by atoms with Crippen molar-refractivity contribution in [2.24, 2.45) is 0 Å². The quantitative estimate of drug-likeness (QED) is 0.447. The normalized spacial score (nSPS) is 14.3. The van der Waals surface area contributed by atoms with Crippen molar-refractivity contribution in [3.8, 4) is 11.4 Å². The molecule has 0 radical (unpaired) electrons. The summed E-state index contributed by atoms with van der Waals surface area (Å²) in [7, 11) is 2.14. The molecule has 0 bridgehead atoms. The highest BCUT2D eigenvalue weighted by Crippen LogP contribution is 2.20. The predicted molar refractivity (Wildman–Crippen MR) is 138 cm³/mol. The number of hydrogen-bond donors (Lipinski definition) is 1. The van der Waals surface area contributed by atoms with Gasteiger partial charge in [-0.25, -0.2) is 4.68 Å². The topological polar surface area (TPSA) is 68.6 Å². The van der Waals surface area contributed by atoms with Crippen molar-refractivity contribution in [3.05, 3.63) is 76.6 Å². The summed E-state index contributed by atoms with van der Waals surface area (Å²) in [5.74, 6) is 0.652. The van der Waals surface area contributed by atoms with Gasteiger partial charge in [0, 0.05) is 37.4 Å². The van der Waals surface area contributed by atoms with Crippen LogP contribution in [-0.2, 0) is 17.7 Å². The van der Waals surface area contributed by atoms with Crippen LogP contribution in [0.4, 0.5) is 0 Å². The molecule has 1 N–H and O–H groups in total. The number of hydrogen-bond acceptors (Lipinski definition) is 5. The molecule has 2 heterocycles. The van der Waals surface area contributed by atoms with E-state index >= 15 is 0 Å². The van der Waals surface area contributed by atoms with E-state index in [9.17, 15) is 4.79 Å². The summed E-state index contributed by atoms with van der Waals surface area (Å²) in [6.07, 6.45) is 4.43. The Morgan fingerprint density at radius 1 is 1.23 bits per heavy atom. The van der Waals surface area contributed by atoms with Gasteiger partial charge in [-0.1, -0.05) is 36.7 Å². The SMILES string of the molecule is CCc1c(C(=O)NCc2cccc(OCCN(C)C3CCOCC3)c2)cnn1-c1cccc(Cl)c1. The lowest BCUT2D eigenvalue weighted by molar-refractivity contribution is 0.0392. The van der Waals surface area contributed by atoms with Crippen LogP contribution in [0.5, 0.6) is 5.75 Å². The molecular weight excluding hydrogens is 464 g/mol. The first-order valence-electron chi connectivity index (χ1n) is 12.2. The van der Waals surface area contributed by atoms with Gasteiger partial charge in [0.2, 0.25) is 0 Å². The second kappa shape index (κ2) is 12.2. The van der Waals surface area contributed by atoms with Crippen molar-refractivity contribution < 1.29 is 14.3 Å². The number of aromatic nitrogens is 2. The summed E-state index contributed by atoms with van der Waals surface area (Å²) >= 11 is 6.13. The van der Waals surface area contributed by atoms with E-state index in [1.165, 1.54) is 0 Å². The van der Waals surface area contributed by atoms with Crippen LogP contribution in [0.2, 0.25) is 5.02 Å². The van der Waals surface area contributed by atoms with Crippen molar-refractivity contribution in [2.45, 2.75) is 38.8 Å². The molecule has 7 nitrogen and oxygen atoms in total. The summed E-state index contributed by atoms with van der Waals surface area (Å²) in [6.45, 7) is 5.57. The first kappa shape index (κ1) is 25.2. The van der Waals surface area contributed by atoms with E-state index in [0.717, 1.165) is 55.3 Å². The lowest BCUT2D eigenvalue weighted by Gasteiger charge is -2.31. The lowest BCUT2D eigenvalue weighted by Crippen LogP contribution is -2.38. The summed E-state index contributed by atoms with van der Waals surface area (Å²) in [5.41, 5.74) is 3.22. The minimum absolute atomic E-state index is 0.153. The largest absolute Gasteiger partial charge is 0.492 e. The highest BCUT2D eigenvalue weighted by atomic mass is 35.5. The Morgan fingerprint density at radius 3 is 2.80 bits per heavy atom. The first-order chi connectivity index (χ1) is 17.0. The average Bonchev–Trinajstić information content (AvgIpc) is 3.32. The lowest BCUT2D eigenvalue weighted by atomic mass is 10.1. The molecule has 2 aromatic carbocycles. The van der Waals surface area contributed by atoms with Crippen LogP contribution in [0, 0.1) is 0 Å². The Kier molecular flexibility index (Phi) is 8.79. The van der Waals surface area contributed by atoms with Crippen molar-refractivity contribution in [1.29, 1.82) is 0 Å². The van der Waals surface area contributed by atoms with Crippen LogP contribution in [-0.4, -0.2) is 60.0 Å². The van der Waals surface area contributed by atoms with E-state index in [1.807, 2.05) is 55.5 Å². The molecule has 0 aliphatic carbocycles. The van der Waals surface area contributed by atoms with Gasteiger partial charge < -0.3 is 14.8 Å². The van der Waals surface area contributed by atoms with Crippen LogP contribution in [0.25, 0.3) is 5.69 Å². The molecule has 8 heteroatoms. The number of nitrogens with one attached hydrogen (secondary N) is 1. The number of halogens is 1. The number of nitrogens with zero attached hydrogens (tertiary/aromatic N) is 3. The summed E-state index contributed by atoms with van der Waals surface area (Å²) in [6, 6.07) is 15.9. The Labute approximate surface area is 212 Å². The van der Waals surface area contributed by atoms with E-state index in [2.05, 4.69) is 22.4 Å². The second-order valence-corrected chi connectivity index (χ2v) is 9.19. The van der Waals surface area contributed by atoms with Crippen LogP contribution in [0.3, 0.4) is 0 Å². The zero-order valence-electron chi connectivity index (χ0n) is 20.4. The molecule has 4 rings (SSSR count). The fraction of sp³-hybridized carbons (Fsp3) is 0.407. The van der Waals surface area contributed by atoms with Crippen molar-refractivity contribution >= 4 is 17.5 Å². The van der Waals surface area contributed by atoms with Gasteiger partial charge in [-0.2, -0.15) is 5.10 Å². The highest BCUT2D eigenvalue weighted by molar-refractivity contribution is 6.30. The summed E-state index contributed by atoms with van der Waals surface area (Å²) < 4.78 is 13.2. The van der Waals surface area contributed by atoms with Crippen LogP contribution in [0.1, 0.15) is 41.4 Å². The Balaban J connectivity index is 1.32. The van der Waals surface area contributed by atoms with E-state index in [4.69, 9.17) is 21.1 Å². The smallest absolute Gasteiger partial charge is 0.255 e. The van der Waals surface area contributed by atoms with E-state index < -0.39 is 0 Å². The molecular formula is C27H33ClN4O3. The Morgan fingerprint density at radius 2 is 2.03 bits per heavy atom. The molecule has 186 valence electrons. The maximum atomic E-state index is 13.0. The molecule has 0 unspecified atom stereocenters. The number of likely N-dealkylation sites (N-methyl/N-ethyl adjacent to an activating group) is 1. The third-order valence-electron chi connectivity index (χ3n) is 6.38. The molecule has 3 aromatic rings. The number of carbonyl (C=O) groups is 1. The molecule has 1 amide bonds. The Hall–Kier alpha value is -2.87. The summed E-state index contributed by atoms with van der Waals surface area (Å²) in [5, 5.41) is 8.08. The number of ether oxygens (including phenoxy) is 2. The predicted octanol–water partition coefficient (Wildman–Crippen LogP) is 4.51. The average molecular weight is 497 g/mol. The van der Waals surface area contributed by atoms with Gasteiger partial charge in [0.05, 0.1) is 23.1 Å². The van der Waals surface area contributed by atoms with Gasteiger partial charge in [-0.15, -0.1) is 0 Å². The fourth-order valence-corrected chi connectivity index (χ4v) is 4.56. The molecule has 1 aromatic heterocycles. The molecule has 1 aliphatic heterocycles. The fourth-order valence-electron chi connectivity index (χ4n) is 4.37. The van der Waals surface area contributed by atoms with Gasteiger partial charge in [-0.3, -0.25) is 9.69 Å². The molecule has 0 atom stereocenters. The maximum absolute atomic E-state index is 13.0. The van der Waals surface area contributed by atoms with Gasteiger partial charge in [0.15, 0.2) is 0 Å². The van der Waals surface area contributed by atoms with Gasteiger partial charge >= 0.3 is 0 Å². The zero-order chi connectivity index (χ0) is 24.6. The number of amides is 1. The van der Waals surface area contributed by atoms with Crippen molar-refractivity contribution in [2.75, 3.05) is 33.4 Å². The van der Waals surface area contributed by atoms with Crippen LogP contribution >= 0.6 is 11.6 Å². The number of rotatable bonds is 10. The Bertz CT molecular complexity index is 1130. The van der Waals surface area contributed by atoms with E-state index in [-0.39, 0.29) is 5.91 Å². The summed E-state index contributed by atoms with van der Waals surface area (Å²) in [4.78, 5) is 15.3. The van der Waals surface area contributed by atoms with Gasteiger partial charge in [-0.05, 0) is 62.2 Å². The van der Waals surface area contributed by atoms with Crippen LogP contribution < -0.4 is 10.1 Å². The maximum Gasteiger partial charge on any atom is 0.255 e. The van der Waals surface area contributed by atoms with Crippen molar-refractivity contribution in [1.82, 2.24) is 20.0 Å². The molecule has 1 aliphatic rings. The second-order valence-electron chi connectivity index (χ2n) is 8.75. The number of carbonyl (C=O) groups excluding carboxylic acids is 1. The molecule has 1 fully saturated rings. The minimum atomic E-state index is -0.153. The van der Waals surface area contributed by atoms with E-state index in [0.29, 0.717) is 36.2 Å². The molecule has 0 saturated carbocycles. The monoisotopic (exact) mass is 496 g/mol. The standard InChI is InChI=1S/C27H33ClN4O3/c1-3-26-25(19-30-32(26)23-8-5-7-21(28)17-23)27(33)29-18-20-6-4-9-24(16-20)35-15-12-31(2)22-10-13-34-14-11-22/h4-9,16-17,19,22H,3,10-15,18H2,1-2H3,(H,29,33). The minimum Gasteiger partial charge on any atom is -0.492 e. The molecule has 0 spiro atoms. The van der Waals surface area contributed by atoms with Crippen LogP contribution in [0.15, 0.2) is 54.7 Å². The zero-order valence-corrected chi connectivity index (χ0v) is 21.1. The third-order valence-corrected chi connectivity index (χ3v) is 6.61. The van der Waals surface area contributed by atoms with Crippen molar-refractivity contribution in [3.63, 3.8) is 0 Å². The van der Waals surface area contributed by atoms with Gasteiger partial charge in [0.25, 0.3) is 5.91 Å².